The minimum Gasteiger partial charge on any atom is -0.352 e. The van der Waals surface area contributed by atoms with Crippen LogP contribution in [0.25, 0.3) is 0 Å². The van der Waals surface area contributed by atoms with Crippen LogP contribution >= 0.6 is 24.0 Å². The first-order valence-corrected chi connectivity index (χ1v) is 9.04. The predicted octanol–water partition coefficient (Wildman–Crippen LogP) is 3.47. The summed E-state index contributed by atoms with van der Waals surface area (Å²) >= 11 is 0. The number of rotatable bonds is 7. The SMILES string of the molecule is CCN(Cc1ccccc1)C(=O)CNC(=NC)NCc1ccc(C)c(F)c1.I. The van der Waals surface area contributed by atoms with Gasteiger partial charge in [0, 0.05) is 26.7 Å². The molecule has 0 saturated carbocycles. The van der Waals surface area contributed by atoms with Crippen LogP contribution in [0, 0.1) is 12.7 Å². The Morgan fingerprint density at radius 3 is 2.43 bits per heavy atom. The van der Waals surface area contributed by atoms with Gasteiger partial charge in [-0.05, 0) is 36.6 Å². The van der Waals surface area contributed by atoms with E-state index in [0.717, 1.165) is 11.1 Å². The molecule has 0 unspecified atom stereocenters. The highest BCUT2D eigenvalue weighted by molar-refractivity contribution is 14.0. The number of likely N-dealkylation sites (N-methyl/N-ethyl adjacent to an activating group) is 1. The lowest BCUT2D eigenvalue weighted by Crippen LogP contribution is -2.44. The fourth-order valence-electron chi connectivity index (χ4n) is 2.60. The first kappa shape index (κ1) is 23.9. The second-order valence-electron chi connectivity index (χ2n) is 6.26. The molecule has 0 bridgehead atoms. The topological polar surface area (TPSA) is 56.7 Å². The van der Waals surface area contributed by atoms with Crippen LogP contribution in [0.1, 0.15) is 23.6 Å². The van der Waals surface area contributed by atoms with E-state index < -0.39 is 0 Å². The van der Waals surface area contributed by atoms with Gasteiger partial charge in [-0.15, -0.1) is 24.0 Å². The molecule has 0 aliphatic carbocycles. The summed E-state index contributed by atoms with van der Waals surface area (Å²) in [6.07, 6.45) is 0. The monoisotopic (exact) mass is 498 g/mol. The Morgan fingerprint density at radius 1 is 1.11 bits per heavy atom. The molecular weight excluding hydrogens is 470 g/mol. The average molecular weight is 498 g/mol. The van der Waals surface area contributed by atoms with Crippen molar-refractivity contribution >= 4 is 35.8 Å². The Hall–Kier alpha value is -2.16. The number of amides is 1. The number of nitrogens with zero attached hydrogens (tertiary/aromatic N) is 2. The number of benzene rings is 2. The van der Waals surface area contributed by atoms with E-state index in [0.29, 0.717) is 31.2 Å². The number of carbonyl (C=O) groups is 1. The van der Waals surface area contributed by atoms with Crippen molar-refractivity contribution in [3.05, 3.63) is 71.0 Å². The third-order valence-electron chi connectivity index (χ3n) is 4.28. The molecule has 7 heteroatoms. The summed E-state index contributed by atoms with van der Waals surface area (Å²) in [7, 11) is 1.64. The van der Waals surface area contributed by atoms with Crippen LogP contribution in [0.3, 0.4) is 0 Å². The highest BCUT2D eigenvalue weighted by Gasteiger charge is 2.12. The highest BCUT2D eigenvalue weighted by Crippen LogP contribution is 2.09. The van der Waals surface area contributed by atoms with E-state index in [-0.39, 0.29) is 42.2 Å². The normalized spacial score (nSPS) is 10.8. The summed E-state index contributed by atoms with van der Waals surface area (Å²) in [5.41, 5.74) is 2.52. The zero-order chi connectivity index (χ0) is 19.6. The maximum absolute atomic E-state index is 13.6. The summed E-state index contributed by atoms with van der Waals surface area (Å²) in [6.45, 7) is 5.46. The van der Waals surface area contributed by atoms with Gasteiger partial charge in [0.15, 0.2) is 5.96 Å². The molecule has 0 radical (unpaired) electrons. The van der Waals surface area contributed by atoms with Gasteiger partial charge in [-0.3, -0.25) is 9.79 Å². The summed E-state index contributed by atoms with van der Waals surface area (Å²) in [6, 6.07) is 15.0. The average Bonchev–Trinajstić information content (AvgIpc) is 2.69. The molecule has 2 aromatic carbocycles. The Kier molecular flexibility index (Phi) is 10.5. The molecule has 0 aliphatic rings. The Bertz CT molecular complexity index is 783. The quantitative estimate of drug-likeness (QED) is 0.350. The van der Waals surface area contributed by atoms with Crippen LogP contribution < -0.4 is 10.6 Å². The summed E-state index contributed by atoms with van der Waals surface area (Å²) in [5, 5.41) is 6.12. The fourth-order valence-corrected chi connectivity index (χ4v) is 2.60. The minimum absolute atomic E-state index is 0. The molecule has 2 N–H and O–H groups in total. The molecular formula is C21H28FIN4O. The van der Waals surface area contributed by atoms with Gasteiger partial charge in [0.05, 0.1) is 6.54 Å². The molecule has 2 aromatic rings. The highest BCUT2D eigenvalue weighted by atomic mass is 127. The fraction of sp³-hybridized carbons (Fsp3) is 0.333. The van der Waals surface area contributed by atoms with Gasteiger partial charge in [0.25, 0.3) is 0 Å². The molecule has 0 fully saturated rings. The van der Waals surface area contributed by atoms with E-state index in [4.69, 9.17) is 0 Å². The molecule has 152 valence electrons. The van der Waals surface area contributed by atoms with Crippen molar-refractivity contribution in [1.29, 1.82) is 0 Å². The summed E-state index contributed by atoms with van der Waals surface area (Å²) in [4.78, 5) is 18.4. The zero-order valence-electron chi connectivity index (χ0n) is 16.5. The predicted molar refractivity (Wildman–Crippen MR) is 122 cm³/mol. The van der Waals surface area contributed by atoms with E-state index in [1.165, 1.54) is 6.07 Å². The third kappa shape index (κ3) is 7.46. The molecule has 0 aliphatic heterocycles. The second-order valence-corrected chi connectivity index (χ2v) is 6.26. The molecule has 0 atom stereocenters. The Balaban J connectivity index is 0.00000392. The lowest BCUT2D eigenvalue weighted by molar-refractivity contribution is -0.130. The molecule has 0 spiro atoms. The van der Waals surface area contributed by atoms with E-state index in [1.807, 2.05) is 43.3 Å². The lowest BCUT2D eigenvalue weighted by Gasteiger charge is -2.22. The van der Waals surface area contributed by atoms with Crippen molar-refractivity contribution in [2.24, 2.45) is 4.99 Å². The Labute approximate surface area is 183 Å². The first-order valence-electron chi connectivity index (χ1n) is 9.04. The minimum atomic E-state index is -0.230. The van der Waals surface area contributed by atoms with Gasteiger partial charge >= 0.3 is 0 Å². The van der Waals surface area contributed by atoms with Crippen LogP contribution in [-0.2, 0) is 17.9 Å². The van der Waals surface area contributed by atoms with E-state index in [2.05, 4.69) is 15.6 Å². The van der Waals surface area contributed by atoms with Crippen molar-refractivity contribution in [3.8, 4) is 0 Å². The number of guanidine groups is 1. The van der Waals surface area contributed by atoms with E-state index in [1.54, 1.807) is 24.9 Å². The van der Waals surface area contributed by atoms with Gasteiger partial charge < -0.3 is 15.5 Å². The number of carbonyl (C=O) groups excluding carboxylic acids is 1. The Morgan fingerprint density at radius 2 is 1.82 bits per heavy atom. The van der Waals surface area contributed by atoms with Crippen molar-refractivity contribution in [2.45, 2.75) is 26.9 Å². The van der Waals surface area contributed by atoms with Gasteiger partial charge in [-0.2, -0.15) is 0 Å². The lowest BCUT2D eigenvalue weighted by atomic mass is 10.1. The number of hydrogen-bond acceptors (Lipinski definition) is 2. The van der Waals surface area contributed by atoms with Crippen LogP contribution in [0.5, 0.6) is 0 Å². The largest absolute Gasteiger partial charge is 0.352 e. The van der Waals surface area contributed by atoms with Crippen LogP contribution in [-0.4, -0.2) is 36.9 Å². The maximum atomic E-state index is 13.6. The van der Waals surface area contributed by atoms with Gasteiger partial charge in [-0.25, -0.2) is 4.39 Å². The molecule has 28 heavy (non-hydrogen) atoms. The molecule has 1 amide bonds. The summed E-state index contributed by atoms with van der Waals surface area (Å²) in [5.74, 6) is 0.262. The van der Waals surface area contributed by atoms with Crippen molar-refractivity contribution < 1.29 is 9.18 Å². The number of nitrogens with one attached hydrogen (secondary N) is 2. The molecule has 0 aromatic heterocycles. The first-order chi connectivity index (χ1) is 13.0. The number of halogens is 2. The zero-order valence-corrected chi connectivity index (χ0v) is 18.9. The van der Waals surface area contributed by atoms with E-state index >= 15 is 0 Å². The number of hydrogen-bond donors (Lipinski definition) is 2. The summed E-state index contributed by atoms with van der Waals surface area (Å²) < 4.78 is 13.6. The number of aliphatic imine (C=N–C) groups is 1. The van der Waals surface area contributed by atoms with E-state index in [9.17, 15) is 9.18 Å². The smallest absolute Gasteiger partial charge is 0.242 e. The third-order valence-corrected chi connectivity index (χ3v) is 4.28. The standard InChI is InChI=1S/C21H27FN4O.HI/c1-4-26(15-17-8-6-5-7-9-17)20(27)14-25-21(23-3)24-13-18-11-10-16(2)19(22)12-18;/h5-12H,4,13-15H2,1-3H3,(H2,23,24,25);1H. The van der Waals surface area contributed by atoms with Crippen molar-refractivity contribution in [1.82, 2.24) is 15.5 Å². The van der Waals surface area contributed by atoms with Crippen LogP contribution in [0.2, 0.25) is 0 Å². The van der Waals surface area contributed by atoms with Gasteiger partial charge in [0.2, 0.25) is 5.91 Å². The number of aryl methyl sites for hydroxylation is 1. The molecule has 0 saturated heterocycles. The van der Waals surface area contributed by atoms with Crippen molar-refractivity contribution in [3.63, 3.8) is 0 Å². The molecule has 2 rings (SSSR count). The van der Waals surface area contributed by atoms with Crippen molar-refractivity contribution in [2.75, 3.05) is 20.1 Å². The second kappa shape index (κ2) is 12.3. The molecule has 0 heterocycles. The van der Waals surface area contributed by atoms with Crippen LogP contribution in [0.15, 0.2) is 53.5 Å². The van der Waals surface area contributed by atoms with Crippen LogP contribution in [0.4, 0.5) is 4.39 Å². The maximum Gasteiger partial charge on any atom is 0.242 e. The van der Waals surface area contributed by atoms with Gasteiger partial charge in [0.1, 0.15) is 5.82 Å². The van der Waals surface area contributed by atoms with Gasteiger partial charge in [-0.1, -0.05) is 42.5 Å². The molecule has 5 nitrogen and oxygen atoms in total.